The number of carbonyl (C=O) groups is 2. The Labute approximate surface area is 132 Å². The normalized spacial score (nSPS) is 19.7. The number of benzene rings is 1. The van der Waals surface area contributed by atoms with E-state index in [1.54, 1.807) is 17.9 Å². The molecule has 23 heavy (non-hydrogen) atoms. The van der Waals surface area contributed by atoms with Crippen molar-refractivity contribution in [2.45, 2.75) is 31.9 Å². The third-order valence-corrected chi connectivity index (χ3v) is 4.21. The van der Waals surface area contributed by atoms with Crippen LogP contribution in [-0.2, 0) is 15.8 Å². The van der Waals surface area contributed by atoms with Crippen LogP contribution in [0, 0.1) is 5.92 Å². The van der Waals surface area contributed by atoms with Crippen molar-refractivity contribution in [3.63, 3.8) is 0 Å². The van der Waals surface area contributed by atoms with Crippen molar-refractivity contribution in [2.75, 3.05) is 13.1 Å². The summed E-state index contributed by atoms with van der Waals surface area (Å²) < 4.78 is 38.2. The van der Waals surface area contributed by atoms with Crippen LogP contribution in [0.3, 0.4) is 0 Å². The van der Waals surface area contributed by atoms with Gasteiger partial charge in [-0.25, -0.2) is 0 Å². The van der Waals surface area contributed by atoms with Gasteiger partial charge in [0, 0.05) is 19.5 Å². The summed E-state index contributed by atoms with van der Waals surface area (Å²) in [7, 11) is 0. The van der Waals surface area contributed by atoms with Gasteiger partial charge in [-0.3, -0.25) is 9.59 Å². The van der Waals surface area contributed by atoms with E-state index in [-0.39, 0.29) is 24.2 Å². The lowest BCUT2D eigenvalue weighted by Gasteiger charge is -2.19. The van der Waals surface area contributed by atoms with Gasteiger partial charge < -0.3 is 10.6 Å². The van der Waals surface area contributed by atoms with Gasteiger partial charge in [0.25, 0.3) is 0 Å². The number of rotatable bonds is 4. The van der Waals surface area contributed by atoms with Gasteiger partial charge in [-0.15, -0.1) is 0 Å². The van der Waals surface area contributed by atoms with E-state index >= 15 is 0 Å². The minimum atomic E-state index is -4.40. The first-order chi connectivity index (χ1) is 10.7. The molecule has 0 saturated carbocycles. The van der Waals surface area contributed by atoms with Crippen LogP contribution < -0.4 is 5.73 Å². The van der Waals surface area contributed by atoms with Crippen molar-refractivity contribution in [3.8, 4) is 0 Å². The Bertz CT molecular complexity index is 601. The molecule has 0 aliphatic carbocycles. The molecule has 0 unspecified atom stereocenters. The molecule has 4 nitrogen and oxygen atoms in total. The van der Waals surface area contributed by atoms with E-state index in [0.717, 1.165) is 12.1 Å². The number of alkyl halides is 3. The molecule has 1 heterocycles. The Balaban J connectivity index is 2.01. The predicted molar refractivity (Wildman–Crippen MR) is 78.4 cm³/mol. The minimum Gasteiger partial charge on any atom is -0.369 e. The second-order valence-electron chi connectivity index (χ2n) is 5.96. The van der Waals surface area contributed by atoms with E-state index < -0.39 is 17.6 Å². The first-order valence-electron chi connectivity index (χ1n) is 7.42. The molecule has 0 spiro atoms. The van der Waals surface area contributed by atoms with Crippen LogP contribution in [0.5, 0.6) is 0 Å². The Hall–Kier alpha value is -2.05. The number of hydrogen-bond donors (Lipinski definition) is 1. The minimum absolute atomic E-state index is 0.104. The van der Waals surface area contributed by atoms with Crippen LogP contribution in [-0.4, -0.2) is 29.8 Å². The van der Waals surface area contributed by atoms with Gasteiger partial charge in [0.05, 0.1) is 11.5 Å². The van der Waals surface area contributed by atoms with Gasteiger partial charge in [0.2, 0.25) is 11.8 Å². The topological polar surface area (TPSA) is 63.4 Å². The van der Waals surface area contributed by atoms with Gasteiger partial charge in [-0.05, 0) is 24.0 Å². The quantitative estimate of drug-likeness (QED) is 0.923. The highest BCUT2D eigenvalue weighted by atomic mass is 19.4. The molecule has 1 saturated heterocycles. The van der Waals surface area contributed by atoms with Crippen molar-refractivity contribution in [1.82, 2.24) is 4.90 Å². The first-order valence-corrected chi connectivity index (χ1v) is 7.42. The van der Waals surface area contributed by atoms with Crippen molar-refractivity contribution < 1.29 is 22.8 Å². The predicted octanol–water partition coefficient (Wildman–Crippen LogP) is 2.53. The highest BCUT2D eigenvalue weighted by Gasteiger charge is 2.32. The van der Waals surface area contributed by atoms with Crippen LogP contribution in [0.1, 0.15) is 36.8 Å². The number of amides is 2. The molecule has 1 aromatic rings. The molecule has 1 aliphatic rings. The molecule has 2 amide bonds. The first kappa shape index (κ1) is 17.3. The standard InChI is InChI=1S/C16H19F3N2O2/c1-10(11-3-2-4-13(8-11)16(17,18)19)7-14(22)21-6-5-12(9-21)15(20)23/h2-4,8,10,12H,5-7,9H2,1H3,(H2,20,23)/t10-,12-/m1/s1. The molecule has 2 rings (SSSR count). The fourth-order valence-electron chi connectivity index (χ4n) is 2.75. The molecule has 2 atom stereocenters. The number of nitrogens with two attached hydrogens (primary N) is 1. The number of hydrogen-bond acceptors (Lipinski definition) is 2. The third-order valence-electron chi connectivity index (χ3n) is 4.21. The van der Waals surface area contributed by atoms with Crippen LogP contribution in [0.4, 0.5) is 13.2 Å². The molecule has 7 heteroatoms. The van der Waals surface area contributed by atoms with E-state index in [4.69, 9.17) is 5.73 Å². The average Bonchev–Trinajstić information content (AvgIpc) is 2.96. The van der Waals surface area contributed by atoms with Crippen LogP contribution in [0.25, 0.3) is 0 Å². The Kier molecular flexibility index (Phi) is 4.97. The lowest BCUT2D eigenvalue weighted by molar-refractivity contribution is -0.137. The molecule has 0 bridgehead atoms. The number of likely N-dealkylation sites (tertiary alicyclic amines) is 1. The number of nitrogens with zero attached hydrogens (tertiary/aromatic N) is 1. The monoisotopic (exact) mass is 328 g/mol. The van der Waals surface area contributed by atoms with Gasteiger partial charge in [-0.1, -0.05) is 25.1 Å². The molecular formula is C16H19F3N2O2. The Morgan fingerprint density at radius 2 is 2.09 bits per heavy atom. The summed E-state index contributed by atoms with van der Waals surface area (Å²) in [4.78, 5) is 24.9. The maximum Gasteiger partial charge on any atom is 0.416 e. The summed E-state index contributed by atoms with van der Waals surface area (Å²) >= 11 is 0. The zero-order valence-corrected chi connectivity index (χ0v) is 12.8. The van der Waals surface area contributed by atoms with Crippen LogP contribution in [0.15, 0.2) is 24.3 Å². The fourth-order valence-corrected chi connectivity index (χ4v) is 2.75. The number of primary amides is 1. The van der Waals surface area contributed by atoms with Crippen LogP contribution >= 0.6 is 0 Å². The summed E-state index contributed by atoms with van der Waals surface area (Å²) in [5.41, 5.74) is 4.98. The van der Waals surface area contributed by atoms with E-state index in [2.05, 4.69) is 0 Å². The molecule has 1 aromatic carbocycles. The summed E-state index contributed by atoms with van der Waals surface area (Å²) in [6.07, 6.45) is -3.75. The van der Waals surface area contributed by atoms with E-state index in [9.17, 15) is 22.8 Å². The summed E-state index contributed by atoms with van der Waals surface area (Å²) in [6.45, 7) is 2.47. The summed E-state index contributed by atoms with van der Waals surface area (Å²) in [5.74, 6) is -1.26. The fraction of sp³-hybridized carbons (Fsp3) is 0.500. The third kappa shape index (κ3) is 4.24. The van der Waals surface area contributed by atoms with Crippen molar-refractivity contribution in [2.24, 2.45) is 11.7 Å². The molecule has 1 aliphatic heterocycles. The second kappa shape index (κ2) is 6.60. The second-order valence-corrected chi connectivity index (χ2v) is 5.96. The zero-order valence-electron chi connectivity index (χ0n) is 12.8. The van der Waals surface area contributed by atoms with Crippen molar-refractivity contribution in [3.05, 3.63) is 35.4 Å². The maximum absolute atomic E-state index is 12.7. The SMILES string of the molecule is C[C@H](CC(=O)N1CC[C@@H](C(N)=O)C1)c1cccc(C(F)(F)F)c1. The number of carbonyl (C=O) groups excluding carboxylic acids is 2. The molecule has 2 N–H and O–H groups in total. The molecule has 1 fully saturated rings. The molecular weight excluding hydrogens is 309 g/mol. The largest absolute Gasteiger partial charge is 0.416 e. The number of halogens is 3. The van der Waals surface area contributed by atoms with Gasteiger partial charge >= 0.3 is 6.18 Å². The summed E-state index contributed by atoms with van der Waals surface area (Å²) in [5, 5.41) is 0. The van der Waals surface area contributed by atoms with E-state index in [1.807, 2.05) is 0 Å². The lowest BCUT2D eigenvalue weighted by Crippen LogP contribution is -2.32. The van der Waals surface area contributed by atoms with Gasteiger partial charge in [0.1, 0.15) is 0 Å². The maximum atomic E-state index is 12.7. The van der Waals surface area contributed by atoms with E-state index in [0.29, 0.717) is 25.1 Å². The Morgan fingerprint density at radius 1 is 1.39 bits per heavy atom. The highest BCUT2D eigenvalue weighted by Crippen LogP contribution is 2.32. The average molecular weight is 328 g/mol. The van der Waals surface area contributed by atoms with Gasteiger partial charge in [0.15, 0.2) is 0 Å². The smallest absolute Gasteiger partial charge is 0.369 e. The van der Waals surface area contributed by atoms with Crippen molar-refractivity contribution >= 4 is 11.8 Å². The Morgan fingerprint density at radius 3 is 2.65 bits per heavy atom. The molecule has 126 valence electrons. The highest BCUT2D eigenvalue weighted by molar-refractivity contribution is 5.81. The van der Waals surface area contributed by atoms with E-state index in [1.165, 1.54) is 6.07 Å². The van der Waals surface area contributed by atoms with Crippen molar-refractivity contribution in [1.29, 1.82) is 0 Å². The lowest BCUT2D eigenvalue weighted by atomic mass is 9.95. The zero-order chi connectivity index (χ0) is 17.2. The summed E-state index contributed by atoms with van der Waals surface area (Å²) in [6, 6.07) is 5.02. The molecule has 0 aromatic heterocycles. The molecule has 0 radical (unpaired) electrons. The van der Waals surface area contributed by atoms with Gasteiger partial charge in [-0.2, -0.15) is 13.2 Å². The van der Waals surface area contributed by atoms with Crippen LogP contribution in [0.2, 0.25) is 0 Å².